The summed E-state index contributed by atoms with van der Waals surface area (Å²) >= 11 is 0. The fraction of sp³-hybridized carbons (Fsp3) is 0.545. The Morgan fingerprint density at radius 2 is 1.24 bits per heavy atom. The number of aliphatic hydroxyl groups excluding tert-OH is 10. The van der Waals surface area contributed by atoms with E-state index in [-0.39, 0.29) is 11.3 Å². The van der Waals surface area contributed by atoms with E-state index in [2.05, 4.69) is 0 Å². The average molecular weight is 773 g/mol. The van der Waals surface area contributed by atoms with E-state index in [1.54, 1.807) is 0 Å². The van der Waals surface area contributed by atoms with Crippen molar-refractivity contribution in [3.05, 3.63) is 40.6 Å². The number of phenolic OH excluding ortho intramolecular Hbond substituents is 3. The molecule has 2 aromatic carbocycles. The molecule has 0 bridgehead atoms. The molecule has 0 saturated carbocycles. The summed E-state index contributed by atoms with van der Waals surface area (Å²) in [6, 6.07) is 5.20. The second kappa shape index (κ2) is 15.7. The topological polar surface area (TPSA) is 349 Å². The van der Waals surface area contributed by atoms with Crippen molar-refractivity contribution in [3.8, 4) is 40.1 Å². The quantitative estimate of drug-likeness (QED) is 0.0917. The van der Waals surface area contributed by atoms with Crippen LogP contribution in [-0.4, -0.2) is 172 Å². The van der Waals surface area contributed by atoms with Gasteiger partial charge in [-0.25, -0.2) is 0 Å². The maximum atomic E-state index is 14.2. The van der Waals surface area contributed by atoms with Crippen molar-refractivity contribution >= 4 is 11.0 Å². The van der Waals surface area contributed by atoms with Gasteiger partial charge in [-0.3, -0.25) is 4.79 Å². The van der Waals surface area contributed by atoms with Crippen LogP contribution in [0.4, 0.5) is 0 Å². The van der Waals surface area contributed by atoms with Crippen LogP contribution in [0.5, 0.6) is 28.7 Å². The normalized spacial score (nSPS) is 37.3. The van der Waals surface area contributed by atoms with Crippen LogP contribution in [0.15, 0.2) is 39.5 Å². The number of hydrogen-bond acceptors (Lipinski definition) is 21. The predicted molar refractivity (Wildman–Crippen MR) is 173 cm³/mol. The molecule has 21 heteroatoms. The monoisotopic (exact) mass is 772 g/mol. The molecule has 0 aliphatic carbocycles. The maximum Gasteiger partial charge on any atom is 0.239 e. The summed E-state index contributed by atoms with van der Waals surface area (Å²) in [5.74, 6) is -3.63. The Labute approximate surface area is 303 Å². The van der Waals surface area contributed by atoms with E-state index in [0.717, 1.165) is 24.3 Å². The van der Waals surface area contributed by atoms with Crippen molar-refractivity contribution in [2.45, 2.75) is 99.0 Å². The molecule has 298 valence electrons. The summed E-state index contributed by atoms with van der Waals surface area (Å²) in [7, 11) is 0. The zero-order valence-electron chi connectivity index (χ0n) is 28.0. The van der Waals surface area contributed by atoms with E-state index in [9.17, 15) is 71.2 Å². The van der Waals surface area contributed by atoms with E-state index in [1.165, 1.54) is 13.0 Å². The SMILES string of the molecule is C[C@@H]1O[C@H](Oc2cc(O)c3c(=O)c(O[C@@H]4O[C@H](CO)[C@@H](O)[C@H](O)[C@H]4O[C@@H]4O[C@H](CO)[C@@H](O)[C@H](O)[C@H]4O)c(-c4ccc(O)c(O)c4)oc3c2)[C@H](O)[C@H](O)[C@H]1O. The van der Waals surface area contributed by atoms with Gasteiger partial charge in [0.2, 0.25) is 23.8 Å². The lowest BCUT2D eigenvalue weighted by Gasteiger charge is -2.45. The van der Waals surface area contributed by atoms with Gasteiger partial charge < -0.3 is 99.2 Å². The van der Waals surface area contributed by atoms with Crippen LogP contribution >= 0.6 is 0 Å². The van der Waals surface area contributed by atoms with Gasteiger partial charge in [0.25, 0.3) is 0 Å². The smallest absolute Gasteiger partial charge is 0.239 e. The molecule has 1 aromatic heterocycles. The summed E-state index contributed by atoms with van der Waals surface area (Å²) in [5, 5.41) is 134. The summed E-state index contributed by atoms with van der Waals surface area (Å²) in [5.41, 5.74) is -1.67. The zero-order valence-corrected chi connectivity index (χ0v) is 28.0. The molecule has 0 unspecified atom stereocenters. The van der Waals surface area contributed by atoms with E-state index in [1.807, 2.05) is 0 Å². The standard InChI is InChI=1S/C33H40O21/c1-9-19(39)23(43)26(46)31(48-9)49-11-5-14(38)18-15(6-11)50-28(10-2-3-12(36)13(37)4-10)29(22(18)42)53-33-30(25(45)21(41)17(8-35)52-33)54-32-27(47)24(44)20(40)16(7-34)51-32/h2-6,9,16-17,19-21,23-27,30-41,43-47H,7-8H2,1H3/t9-,16+,17+,19-,20+,21+,23+,24-,25-,26+,27+,30+,31+,32-,33-/m0/s1. The Kier molecular flexibility index (Phi) is 11.5. The number of fused-ring (bicyclic) bond motifs is 1. The fourth-order valence-electron chi connectivity index (χ4n) is 6.28. The largest absolute Gasteiger partial charge is 0.507 e. The number of rotatable bonds is 9. The molecule has 3 aromatic rings. The fourth-order valence-corrected chi connectivity index (χ4v) is 6.28. The minimum atomic E-state index is -2.03. The molecule has 0 amide bonds. The van der Waals surface area contributed by atoms with E-state index < -0.39 is 150 Å². The van der Waals surface area contributed by atoms with Crippen molar-refractivity contribution < 1.29 is 99.2 Å². The summed E-state index contributed by atoms with van der Waals surface area (Å²) in [6.07, 6.45) is -26.0. The van der Waals surface area contributed by atoms with Crippen LogP contribution in [0, 0.1) is 0 Å². The summed E-state index contributed by atoms with van der Waals surface area (Å²) < 4.78 is 39.7. The van der Waals surface area contributed by atoms with Crippen molar-refractivity contribution in [2.24, 2.45) is 0 Å². The molecule has 21 nitrogen and oxygen atoms in total. The molecule has 6 rings (SSSR count). The number of benzene rings is 2. The first-order chi connectivity index (χ1) is 25.6. The third kappa shape index (κ3) is 7.27. The van der Waals surface area contributed by atoms with Crippen LogP contribution in [-0.2, 0) is 18.9 Å². The molecule has 3 aliphatic rings. The molecule has 0 radical (unpaired) electrons. The number of aromatic hydroxyl groups is 3. The molecule has 4 heterocycles. The second-order valence-corrected chi connectivity index (χ2v) is 13.0. The Balaban J connectivity index is 1.43. The highest BCUT2D eigenvalue weighted by atomic mass is 16.8. The highest BCUT2D eigenvalue weighted by molar-refractivity contribution is 5.88. The molecular weight excluding hydrogens is 732 g/mol. The minimum Gasteiger partial charge on any atom is -0.507 e. The van der Waals surface area contributed by atoms with E-state index >= 15 is 0 Å². The molecule has 13 N–H and O–H groups in total. The van der Waals surface area contributed by atoms with Gasteiger partial charge in [-0.05, 0) is 25.1 Å². The number of aliphatic hydroxyl groups is 10. The van der Waals surface area contributed by atoms with Crippen LogP contribution < -0.4 is 14.9 Å². The lowest BCUT2D eigenvalue weighted by Crippen LogP contribution is -2.65. The molecule has 3 aliphatic heterocycles. The Morgan fingerprint density at radius 3 is 1.89 bits per heavy atom. The van der Waals surface area contributed by atoms with Crippen molar-refractivity contribution in [1.29, 1.82) is 0 Å². The summed E-state index contributed by atoms with van der Waals surface area (Å²) in [6.45, 7) is -0.348. The van der Waals surface area contributed by atoms with Crippen LogP contribution in [0.1, 0.15) is 6.92 Å². The molecule has 3 saturated heterocycles. The molecule has 0 spiro atoms. The van der Waals surface area contributed by atoms with Gasteiger partial charge in [0.15, 0.2) is 29.7 Å². The third-order valence-corrected chi connectivity index (χ3v) is 9.40. The third-order valence-electron chi connectivity index (χ3n) is 9.40. The van der Waals surface area contributed by atoms with Gasteiger partial charge >= 0.3 is 0 Å². The van der Waals surface area contributed by atoms with Gasteiger partial charge in [0, 0.05) is 17.7 Å². The lowest BCUT2D eigenvalue weighted by atomic mass is 9.97. The van der Waals surface area contributed by atoms with Gasteiger partial charge in [-0.2, -0.15) is 0 Å². The molecular formula is C33H40O21. The predicted octanol–water partition coefficient (Wildman–Crippen LogP) is -4.21. The van der Waals surface area contributed by atoms with Crippen molar-refractivity contribution in [3.63, 3.8) is 0 Å². The van der Waals surface area contributed by atoms with Gasteiger partial charge in [-0.1, -0.05) is 0 Å². The van der Waals surface area contributed by atoms with Crippen LogP contribution in [0.25, 0.3) is 22.3 Å². The number of phenols is 3. The van der Waals surface area contributed by atoms with Crippen LogP contribution in [0.3, 0.4) is 0 Å². The van der Waals surface area contributed by atoms with E-state index in [4.69, 9.17) is 32.8 Å². The lowest BCUT2D eigenvalue weighted by molar-refractivity contribution is -0.358. The molecule has 54 heavy (non-hydrogen) atoms. The number of ether oxygens (including phenoxy) is 6. The average Bonchev–Trinajstić information content (AvgIpc) is 3.14. The minimum absolute atomic E-state index is 0.136. The number of hydrogen-bond donors (Lipinski definition) is 13. The Bertz CT molecular complexity index is 1850. The summed E-state index contributed by atoms with van der Waals surface area (Å²) in [4.78, 5) is 14.2. The van der Waals surface area contributed by atoms with Crippen molar-refractivity contribution in [1.82, 2.24) is 0 Å². The first-order valence-electron chi connectivity index (χ1n) is 16.5. The molecule has 15 atom stereocenters. The van der Waals surface area contributed by atoms with E-state index in [0.29, 0.717) is 0 Å². The van der Waals surface area contributed by atoms with Gasteiger partial charge in [-0.15, -0.1) is 0 Å². The Morgan fingerprint density at radius 1 is 0.630 bits per heavy atom. The second-order valence-electron chi connectivity index (χ2n) is 13.0. The maximum absolute atomic E-state index is 14.2. The van der Waals surface area contributed by atoms with Gasteiger partial charge in [0.05, 0.1) is 19.3 Å². The first kappa shape index (κ1) is 39.8. The van der Waals surface area contributed by atoms with Crippen molar-refractivity contribution in [2.75, 3.05) is 13.2 Å². The highest BCUT2D eigenvalue weighted by Crippen LogP contribution is 2.41. The van der Waals surface area contributed by atoms with Crippen LogP contribution in [0.2, 0.25) is 0 Å². The zero-order chi connectivity index (χ0) is 39.3. The van der Waals surface area contributed by atoms with Gasteiger partial charge in [0.1, 0.15) is 83.5 Å². The highest BCUT2D eigenvalue weighted by Gasteiger charge is 2.52. The first-order valence-corrected chi connectivity index (χ1v) is 16.5. The molecule has 3 fully saturated rings. The Hall–Kier alpha value is -3.91.